The van der Waals surface area contributed by atoms with E-state index in [0.29, 0.717) is 0 Å². The maximum absolute atomic E-state index is 11.9. The van der Waals surface area contributed by atoms with Gasteiger partial charge in [-0.05, 0) is 37.5 Å². The monoisotopic (exact) mass is 283 g/mol. The van der Waals surface area contributed by atoms with Crippen LogP contribution in [0.15, 0.2) is 42.7 Å². The molecule has 0 aliphatic heterocycles. The quantitative estimate of drug-likeness (QED) is 0.857. The topological polar surface area (TPSA) is 46.9 Å². The van der Waals surface area contributed by atoms with E-state index in [1.54, 1.807) is 23.0 Å². The van der Waals surface area contributed by atoms with E-state index < -0.39 is 0 Å². The summed E-state index contributed by atoms with van der Waals surface area (Å²) in [6.07, 6.45) is 7.73. The van der Waals surface area contributed by atoms with Crippen LogP contribution in [0.4, 0.5) is 0 Å². The Bertz CT molecular complexity index is 643. The second-order valence-corrected chi connectivity index (χ2v) is 5.32. The highest BCUT2D eigenvalue weighted by Gasteiger charge is 2.07. The standard InChI is InChI=1S/C17H21N3O/c1-13-6-4-5-7-16(13)10-14(2)19-17(21)9-8-15-11-18-20(3)12-15/h4-9,11-12,14H,10H2,1-3H3,(H,19,21)/b9-8+/t14-/m0/s1. The van der Waals surface area contributed by atoms with Gasteiger partial charge in [0, 0.05) is 30.9 Å². The molecule has 1 aromatic heterocycles. The Morgan fingerprint density at radius 3 is 2.86 bits per heavy atom. The molecular weight excluding hydrogens is 262 g/mol. The molecule has 4 nitrogen and oxygen atoms in total. The molecule has 1 heterocycles. The molecule has 110 valence electrons. The Morgan fingerprint density at radius 1 is 1.43 bits per heavy atom. The first-order valence-electron chi connectivity index (χ1n) is 7.06. The van der Waals surface area contributed by atoms with E-state index in [-0.39, 0.29) is 11.9 Å². The van der Waals surface area contributed by atoms with Gasteiger partial charge >= 0.3 is 0 Å². The third-order valence-corrected chi connectivity index (χ3v) is 3.33. The molecule has 0 fully saturated rings. The summed E-state index contributed by atoms with van der Waals surface area (Å²) < 4.78 is 1.71. The van der Waals surface area contributed by atoms with Crippen LogP contribution in [0.1, 0.15) is 23.6 Å². The summed E-state index contributed by atoms with van der Waals surface area (Å²) in [5, 5.41) is 7.03. The van der Waals surface area contributed by atoms with Gasteiger partial charge < -0.3 is 5.32 Å². The first-order chi connectivity index (χ1) is 10.0. The number of nitrogens with one attached hydrogen (secondary N) is 1. The molecule has 0 saturated carbocycles. The van der Waals surface area contributed by atoms with Crippen molar-refractivity contribution in [1.29, 1.82) is 0 Å². The van der Waals surface area contributed by atoms with Crippen LogP contribution in [0.3, 0.4) is 0 Å². The summed E-state index contributed by atoms with van der Waals surface area (Å²) >= 11 is 0. The minimum Gasteiger partial charge on any atom is -0.350 e. The zero-order valence-corrected chi connectivity index (χ0v) is 12.7. The highest BCUT2D eigenvalue weighted by atomic mass is 16.1. The lowest BCUT2D eigenvalue weighted by atomic mass is 10.0. The fourth-order valence-corrected chi connectivity index (χ4v) is 2.21. The average Bonchev–Trinajstić information content (AvgIpc) is 2.85. The predicted octanol–water partition coefficient (Wildman–Crippen LogP) is 2.49. The van der Waals surface area contributed by atoms with Crippen LogP contribution in [0, 0.1) is 6.92 Å². The van der Waals surface area contributed by atoms with E-state index in [4.69, 9.17) is 0 Å². The second kappa shape index (κ2) is 6.88. The number of hydrogen-bond acceptors (Lipinski definition) is 2. The number of hydrogen-bond donors (Lipinski definition) is 1. The Balaban J connectivity index is 1.87. The van der Waals surface area contributed by atoms with Crippen molar-refractivity contribution in [3.63, 3.8) is 0 Å². The average molecular weight is 283 g/mol. The van der Waals surface area contributed by atoms with Crippen LogP contribution >= 0.6 is 0 Å². The van der Waals surface area contributed by atoms with Gasteiger partial charge in [0.1, 0.15) is 0 Å². The number of amides is 1. The van der Waals surface area contributed by atoms with Crippen molar-refractivity contribution in [2.45, 2.75) is 26.3 Å². The molecule has 0 radical (unpaired) electrons. The largest absolute Gasteiger partial charge is 0.350 e. The molecular formula is C17H21N3O. The van der Waals surface area contributed by atoms with Crippen molar-refractivity contribution >= 4 is 12.0 Å². The zero-order chi connectivity index (χ0) is 15.2. The van der Waals surface area contributed by atoms with E-state index in [0.717, 1.165) is 12.0 Å². The highest BCUT2D eigenvalue weighted by molar-refractivity contribution is 5.91. The molecule has 0 bridgehead atoms. The zero-order valence-electron chi connectivity index (χ0n) is 12.7. The third-order valence-electron chi connectivity index (χ3n) is 3.33. The van der Waals surface area contributed by atoms with Gasteiger partial charge in [0.05, 0.1) is 6.20 Å². The fraction of sp³-hybridized carbons (Fsp3) is 0.294. The number of rotatable bonds is 5. The summed E-state index contributed by atoms with van der Waals surface area (Å²) in [6.45, 7) is 4.11. The number of nitrogens with zero attached hydrogens (tertiary/aromatic N) is 2. The van der Waals surface area contributed by atoms with Gasteiger partial charge in [0.2, 0.25) is 5.91 Å². The summed E-state index contributed by atoms with van der Waals surface area (Å²) in [6, 6.07) is 8.34. The Kier molecular flexibility index (Phi) is 4.93. The molecule has 2 aromatic rings. The van der Waals surface area contributed by atoms with Crippen molar-refractivity contribution in [2.75, 3.05) is 0 Å². The maximum atomic E-state index is 11.9. The third kappa shape index (κ3) is 4.60. The SMILES string of the molecule is Cc1ccccc1C[C@H](C)NC(=O)/C=C/c1cnn(C)c1. The smallest absolute Gasteiger partial charge is 0.244 e. The summed E-state index contributed by atoms with van der Waals surface area (Å²) in [5.74, 6) is -0.0834. The van der Waals surface area contributed by atoms with Gasteiger partial charge in [0.25, 0.3) is 0 Å². The molecule has 1 atom stereocenters. The van der Waals surface area contributed by atoms with E-state index in [9.17, 15) is 4.79 Å². The molecule has 0 aliphatic rings. The van der Waals surface area contributed by atoms with Gasteiger partial charge in [0.15, 0.2) is 0 Å². The predicted molar refractivity (Wildman–Crippen MR) is 84.7 cm³/mol. The molecule has 0 saturated heterocycles. The van der Waals surface area contributed by atoms with E-state index in [1.165, 1.54) is 11.1 Å². The normalized spacial score (nSPS) is 12.5. The van der Waals surface area contributed by atoms with Crippen molar-refractivity contribution in [3.8, 4) is 0 Å². The van der Waals surface area contributed by atoms with Gasteiger partial charge in [-0.15, -0.1) is 0 Å². The summed E-state index contributed by atoms with van der Waals surface area (Å²) in [7, 11) is 1.85. The summed E-state index contributed by atoms with van der Waals surface area (Å²) in [4.78, 5) is 11.9. The Hall–Kier alpha value is -2.36. The maximum Gasteiger partial charge on any atom is 0.244 e. The first-order valence-corrected chi connectivity index (χ1v) is 7.06. The van der Waals surface area contributed by atoms with Gasteiger partial charge in [-0.25, -0.2) is 0 Å². The molecule has 2 rings (SSSR count). The molecule has 0 spiro atoms. The molecule has 0 unspecified atom stereocenters. The molecule has 4 heteroatoms. The second-order valence-electron chi connectivity index (χ2n) is 5.32. The van der Waals surface area contributed by atoms with Gasteiger partial charge in [-0.1, -0.05) is 24.3 Å². The lowest BCUT2D eigenvalue weighted by molar-refractivity contribution is -0.117. The molecule has 1 aromatic carbocycles. The van der Waals surface area contributed by atoms with E-state index in [2.05, 4.69) is 29.5 Å². The van der Waals surface area contributed by atoms with Crippen LogP contribution in [0.5, 0.6) is 0 Å². The lowest BCUT2D eigenvalue weighted by Crippen LogP contribution is -2.32. The van der Waals surface area contributed by atoms with Crippen molar-refractivity contribution in [2.24, 2.45) is 7.05 Å². The lowest BCUT2D eigenvalue weighted by Gasteiger charge is -2.14. The van der Waals surface area contributed by atoms with Crippen LogP contribution in [0.25, 0.3) is 6.08 Å². The van der Waals surface area contributed by atoms with Crippen molar-refractivity contribution in [3.05, 3.63) is 59.4 Å². The number of benzene rings is 1. The number of carbonyl (C=O) groups excluding carboxylic acids is 1. The van der Waals surface area contributed by atoms with Crippen LogP contribution < -0.4 is 5.32 Å². The van der Waals surface area contributed by atoms with Gasteiger partial charge in [-0.2, -0.15) is 5.10 Å². The highest BCUT2D eigenvalue weighted by Crippen LogP contribution is 2.09. The van der Waals surface area contributed by atoms with Crippen molar-refractivity contribution in [1.82, 2.24) is 15.1 Å². The van der Waals surface area contributed by atoms with Crippen LogP contribution in [0.2, 0.25) is 0 Å². The van der Waals surface area contributed by atoms with Crippen LogP contribution in [-0.4, -0.2) is 21.7 Å². The van der Waals surface area contributed by atoms with Crippen LogP contribution in [-0.2, 0) is 18.3 Å². The molecule has 1 amide bonds. The van der Waals surface area contributed by atoms with E-state index >= 15 is 0 Å². The minimum atomic E-state index is -0.0834. The Morgan fingerprint density at radius 2 is 2.19 bits per heavy atom. The summed E-state index contributed by atoms with van der Waals surface area (Å²) in [5.41, 5.74) is 3.44. The minimum absolute atomic E-state index is 0.0834. The number of carbonyl (C=O) groups is 1. The first kappa shape index (κ1) is 15.0. The number of aryl methyl sites for hydroxylation is 2. The fourth-order valence-electron chi connectivity index (χ4n) is 2.21. The number of aromatic nitrogens is 2. The Labute approximate surface area is 125 Å². The molecule has 1 N–H and O–H groups in total. The van der Waals surface area contributed by atoms with E-state index in [1.807, 2.05) is 32.3 Å². The molecule has 21 heavy (non-hydrogen) atoms. The van der Waals surface area contributed by atoms with Crippen molar-refractivity contribution < 1.29 is 4.79 Å². The molecule has 0 aliphatic carbocycles. The van der Waals surface area contributed by atoms with Gasteiger partial charge in [-0.3, -0.25) is 9.48 Å².